The van der Waals surface area contributed by atoms with Crippen molar-refractivity contribution in [3.8, 4) is 22.9 Å². The van der Waals surface area contributed by atoms with Gasteiger partial charge in [-0.1, -0.05) is 16.8 Å². The minimum absolute atomic E-state index is 0. The molecule has 27 heavy (non-hydrogen) atoms. The van der Waals surface area contributed by atoms with Gasteiger partial charge in [0.15, 0.2) is 11.5 Å². The molecule has 2 aromatic rings. The minimum atomic E-state index is -0.0463. The van der Waals surface area contributed by atoms with Crippen LogP contribution in [0.1, 0.15) is 18.7 Å². The third-order valence-corrected chi connectivity index (χ3v) is 3.93. The van der Waals surface area contributed by atoms with Crippen LogP contribution in [0.15, 0.2) is 16.7 Å². The largest absolute Gasteiger partial charge is 0.493 e. The molecule has 8 nitrogen and oxygen atoms in total. The normalized spacial score (nSPS) is 10.2. The molecular weight excluding hydrogens is 395 g/mol. The first-order chi connectivity index (χ1) is 12.6. The smallest absolute Gasteiger partial charge is 0.227 e. The second-order valence-electron chi connectivity index (χ2n) is 5.51. The van der Waals surface area contributed by atoms with Crippen LogP contribution in [0.5, 0.6) is 11.5 Å². The Labute approximate surface area is 169 Å². The number of amides is 1. The van der Waals surface area contributed by atoms with Crippen LogP contribution in [0.4, 0.5) is 0 Å². The molecule has 1 amide bonds. The molecule has 1 aromatic heterocycles. The summed E-state index contributed by atoms with van der Waals surface area (Å²) < 4.78 is 15.7. The van der Waals surface area contributed by atoms with Crippen LogP contribution in [0.2, 0.25) is 5.02 Å². The molecule has 0 aliphatic carbocycles. The number of benzene rings is 1. The molecule has 0 bridgehead atoms. The Morgan fingerprint density at radius 3 is 2.70 bits per heavy atom. The first-order valence-electron chi connectivity index (χ1n) is 8.24. The van der Waals surface area contributed by atoms with Crippen molar-refractivity contribution in [3.05, 3.63) is 23.0 Å². The highest BCUT2D eigenvalue weighted by atomic mass is 35.5. The number of rotatable bonds is 10. The standard InChI is InChI=1S/C17H23ClN4O4.ClH/c1-19-7-4-8-20-14(23)5-6-15-21-17(22-26-15)11-9-12(18)16(25-3)13(10-11)24-2;/h9-10,19H,4-8H2,1-3H3,(H,20,23);1H. The highest BCUT2D eigenvalue weighted by Gasteiger charge is 2.16. The van der Waals surface area contributed by atoms with E-state index in [1.807, 2.05) is 7.05 Å². The summed E-state index contributed by atoms with van der Waals surface area (Å²) in [4.78, 5) is 16.1. The number of ether oxygens (including phenoxy) is 2. The van der Waals surface area contributed by atoms with E-state index in [0.717, 1.165) is 13.0 Å². The quantitative estimate of drug-likeness (QED) is 0.571. The minimum Gasteiger partial charge on any atom is -0.493 e. The fourth-order valence-corrected chi connectivity index (χ4v) is 2.61. The van der Waals surface area contributed by atoms with Gasteiger partial charge in [0.05, 0.1) is 19.2 Å². The Kier molecular flexibility index (Phi) is 9.92. The zero-order valence-corrected chi connectivity index (χ0v) is 17.1. The maximum absolute atomic E-state index is 11.8. The van der Waals surface area contributed by atoms with Crippen molar-refractivity contribution >= 4 is 29.9 Å². The summed E-state index contributed by atoms with van der Waals surface area (Å²) in [6.07, 6.45) is 1.53. The van der Waals surface area contributed by atoms with E-state index in [4.69, 9.17) is 25.6 Å². The molecule has 0 fully saturated rings. The summed E-state index contributed by atoms with van der Waals surface area (Å²) >= 11 is 6.20. The van der Waals surface area contributed by atoms with Gasteiger partial charge < -0.3 is 24.6 Å². The lowest BCUT2D eigenvalue weighted by Gasteiger charge is -2.10. The molecule has 2 N–H and O–H groups in total. The Balaban J connectivity index is 0.00000364. The van der Waals surface area contributed by atoms with Gasteiger partial charge in [0.2, 0.25) is 17.6 Å². The van der Waals surface area contributed by atoms with Gasteiger partial charge in [0.1, 0.15) is 0 Å². The lowest BCUT2D eigenvalue weighted by atomic mass is 10.2. The van der Waals surface area contributed by atoms with E-state index in [1.165, 1.54) is 14.2 Å². The molecule has 0 saturated heterocycles. The summed E-state index contributed by atoms with van der Waals surface area (Å²) in [5.74, 6) is 1.63. The van der Waals surface area contributed by atoms with E-state index in [2.05, 4.69) is 20.8 Å². The summed E-state index contributed by atoms with van der Waals surface area (Å²) in [6.45, 7) is 1.50. The van der Waals surface area contributed by atoms with Gasteiger partial charge in [-0.05, 0) is 32.1 Å². The molecule has 0 saturated carbocycles. The number of halogens is 2. The predicted octanol–water partition coefficient (Wildman–Crippen LogP) is 2.49. The zero-order valence-electron chi connectivity index (χ0n) is 15.5. The van der Waals surface area contributed by atoms with Crippen LogP contribution < -0.4 is 20.1 Å². The highest BCUT2D eigenvalue weighted by Crippen LogP contribution is 2.38. The highest BCUT2D eigenvalue weighted by molar-refractivity contribution is 6.32. The fraction of sp³-hybridized carbons (Fsp3) is 0.471. The first-order valence-corrected chi connectivity index (χ1v) is 8.62. The fourth-order valence-electron chi connectivity index (χ4n) is 2.32. The molecule has 1 heterocycles. The number of hydrogen-bond donors (Lipinski definition) is 2. The average molecular weight is 419 g/mol. The number of methoxy groups -OCH3 is 2. The molecule has 0 atom stereocenters. The molecule has 0 unspecified atom stereocenters. The number of nitrogens with one attached hydrogen (secondary N) is 2. The van der Waals surface area contributed by atoms with Crippen LogP contribution in [0.25, 0.3) is 11.4 Å². The van der Waals surface area contributed by atoms with Gasteiger partial charge in [-0.25, -0.2) is 0 Å². The Morgan fingerprint density at radius 1 is 1.26 bits per heavy atom. The second-order valence-corrected chi connectivity index (χ2v) is 5.92. The Hall–Kier alpha value is -2.03. The van der Waals surface area contributed by atoms with Gasteiger partial charge in [-0.2, -0.15) is 4.98 Å². The van der Waals surface area contributed by atoms with Gasteiger partial charge in [0.25, 0.3) is 0 Å². The van der Waals surface area contributed by atoms with Gasteiger partial charge in [-0.15, -0.1) is 12.4 Å². The van der Waals surface area contributed by atoms with Crippen molar-refractivity contribution in [2.75, 3.05) is 34.4 Å². The molecule has 0 aliphatic heterocycles. The maximum Gasteiger partial charge on any atom is 0.227 e. The summed E-state index contributed by atoms with van der Waals surface area (Å²) in [6, 6.07) is 3.39. The molecule has 10 heteroatoms. The van der Waals surface area contributed by atoms with Crippen LogP contribution in [-0.4, -0.2) is 50.4 Å². The summed E-state index contributed by atoms with van der Waals surface area (Å²) in [5.41, 5.74) is 0.638. The third-order valence-electron chi connectivity index (χ3n) is 3.65. The second kappa shape index (κ2) is 11.6. The van der Waals surface area contributed by atoms with E-state index in [0.29, 0.717) is 46.8 Å². The molecule has 0 spiro atoms. The number of carbonyl (C=O) groups is 1. The van der Waals surface area contributed by atoms with E-state index in [-0.39, 0.29) is 24.7 Å². The lowest BCUT2D eigenvalue weighted by Crippen LogP contribution is -2.26. The van der Waals surface area contributed by atoms with Gasteiger partial charge in [-0.3, -0.25) is 4.79 Å². The van der Waals surface area contributed by atoms with Gasteiger partial charge in [0, 0.05) is 24.9 Å². The maximum atomic E-state index is 11.8. The SMILES string of the molecule is CNCCCNC(=O)CCc1nc(-c2cc(Cl)c(OC)c(OC)c2)no1.Cl. The summed E-state index contributed by atoms with van der Waals surface area (Å²) in [5, 5.41) is 10.2. The zero-order chi connectivity index (χ0) is 18.9. The number of carbonyl (C=O) groups excluding carboxylic acids is 1. The predicted molar refractivity (Wildman–Crippen MR) is 105 cm³/mol. The van der Waals surface area contributed by atoms with E-state index in [9.17, 15) is 4.79 Å². The molecule has 150 valence electrons. The van der Waals surface area contributed by atoms with Crippen molar-refractivity contribution in [2.45, 2.75) is 19.3 Å². The molecule has 1 aromatic carbocycles. The Bertz CT molecular complexity index is 740. The van der Waals surface area contributed by atoms with Crippen molar-refractivity contribution < 1.29 is 18.8 Å². The van der Waals surface area contributed by atoms with E-state index >= 15 is 0 Å². The first kappa shape index (κ1) is 23.0. The van der Waals surface area contributed by atoms with Crippen LogP contribution in [0, 0.1) is 0 Å². The molecular formula is C17H24Cl2N4O4. The topological polar surface area (TPSA) is 98.5 Å². The number of nitrogens with zero attached hydrogens (tertiary/aromatic N) is 2. The van der Waals surface area contributed by atoms with Crippen molar-refractivity contribution in [2.24, 2.45) is 0 Å². The monoisotopic (exact) mass is 418 g/mol. The number of hydrogen-bond acceptors (Lipinski definition) is 7. The van der Waals surface area contributed by atoms with Crippen LogP contribution >= 0.6 is 24.0 Å². The number of aromatic nitrogens is 2. The van der Waals surface area contributed by atoms with Crippen molar-refractivity contribution in [3.63, 3.8) is 0 Å². The van der Waals surface area contributed by atoms with Crippen molar-refractivity contribution in [1.29, 1.82) is 0 Å². The van der Waals surface area contributed by atoms with Crippen molar-refractivity contribution in [1.82, 2.24) is 20.8 Å². The molecule has 0 aliphatic rings. The lowest BCUT2D eigenvalue weighted by molar-refractivity contribution is -0.121. The van der Waals surface area contributed by atoms with Crippen LogP contribution in [-0.2, 0) is 11.2 Å². The molecule has 0 radical (unpaired) electrons. The Morgan fingerprint density at radius 2 is 2.04 bits per heavy atom. The van der Waals surface area contributed by atoms with E-state index in [1.54, 1.807) is 12.1 Å². The van der Waals surface area contributed by atoms with Gasteiger partial charge >= 0.3 is 0 Å². The third kappa shape index (κ3) is 6.57. The summed E-state index contributed by atoms with van der Waals surface area (Å²) in [7, 11) is 4.91. The molecule has 2 rings (SSSR count). The van der Waals surface area contributed by atoms with Crippen LogP contribution in [0.3, 0.4) is 0 Å². The number of aryl methyl sites for hydroxylation is 1. The average Bonchev–Trinajstić information content (AvgIpc) is 3.12. The van der Waals surface area contributed by atoms with E-state index < -0.39 is 0 Å².